The van der Waals surface area contributed by atoms with Crippen LogP contribution in [0.25, 0.3) is 11.1 Å². The normalized spacial score (nSPS) is 17.9. The van der Waals surface area contributed by atoms with Gasteiger partial charge in [-0.05, 0) is 66.6 Å². The molecule has 2 unspecified atom stereocenters. The number of hydrogen-bond donors (Lipinski definition) is 1. The molecule has 1 aromatic heterocycles. The number of hydrogen-bond acceptors (Lipinski definition) is 5. The standard InChI is InChI=1S/C27H33ClN2O3/c1-16(2)12-24-22(14-29)26(19-8-6-17(3)7-9-19)23(18(4)30-24)15-33-25-13-20(32-5)10-11-21(25)27(28)31/h6-11,13,16,21,25H,12,14-15,29H2,1-5H3. The van der Waals surface area contributed by atoms with Crippen LogP contribution in [0, 0.1) is 25.7 Å². The van der Waals surface area contributed by atoms with Crippen LogP contribution in [-0.4, -0.2) is 23.4 Å². The van der Waals surface area contributed by atoms with Gasteiger partial charge in [-0.3, -0.25) is 9.78 Å². The topological polar surface area (TPSA) is 74.4 Å². The number of ether oxygens (including phenoxy) is 2. The van der Waals surface area contributed by atoms with Crippen molar-refractivity contribution in [1.82, 2.24) is 4.98 Å². The highest BCUT2D eigenvalue weighted by atomic mass is 35.5. The third kappa shape index (κ3) is 5.91. The summed E-state index contributed by atoms with van der Waals surface area (Å²) in [4.78, 5) is 16.9. The lowest BCUT2D eigenvalue weighted by Gasteiger charge is -2.26. The zero-order chi connectivity index (χ0) is 24.1. The maximum Gasteiger partial charge on any atom is 0.231 e. The van der Waals surface area contributed by atoms with E-state index in [1.165, 1.54) is 5.56 Å². The lowest BCUT2D eigenvalue weighted by atomic mass is 9.90. The van der Waals surface area contributed by atoms with Crippen LogP contribution in [0.5, 0.6) is 0 Å². The monoisotopic (exact) mass is 468 g/mol. The Morgan fingerprint density at radius 3 is 2.45 bits per heavy atom. The van der Waals surface area contributed by atoms with Gasteiger partial charge in [0.25, 0.3) is 0 Å². The summed E-state index contributed by atoms with van der Waals surface area (Å²) in [5.41, 5.74) is 13.5. The fraction of sp³-hybridized carbons (Fsp3) is 0.407. The number of benzene rings is 1. The SMILES string of the molecule is COC1=CC(OCc2c(C)nc(CC(C)C)c(CN)c2-c2ccc(C)cc2)C(C(=O)Cl)C=C1. The van der Waals surface area contributed by atoms with Crippen molar-refractivity contribution in [3.63, 3.8) is 0 Å². The summed E-state index contributed by atoms with van der Waals surface area (Å²) in [6.07, 6.45) is 5.57. The van der Waals surface area contributed by atoms with Gasteiger partial charge in [0.15, 0.2) is 0 Å². The van der Waals surface area contributed by atoms with E-state index in [-0.39, 0.29) is 6.61 Å². The van der Waals surface area contributed by atoms with E-state index in [2.05, 4.69) is 45.0 Å². The van der Waals surface area contributed by atoms with E-state index < -0.39 is 17.3 Å². The van der Waals surface area contributed by atoms with Gasteiger partial charge in [-0.2, -0.15) is 0 Å². The van der Waals surface area contributed by atoms with Gasteiger partial charge in [-0.25, -0.2) is 0 Å². The lowest BCUT2D eigenvalue weighted by Crippen LogP contribution is -2.28. The maximum atomic E-state index is 12.0. The summed E-state index contributed by atoms with van der Waals surface area (Å²) in [6.45, 7) is 9.08. The summed E-state index contributed by atoms with van der Waals surface area (Å²) < 4.78 is 11.6. The van der Waals surface area contributed by atoms with Crippen LogP contribution in [0.4, 0.5) is 0 Å². The zero-order valence-electron chi connectivity index (χ0n) is 20.0. The highest BCUT2D eigenvalue weighted by molar-refractivity contribution is 6.64. The van der Waals surface area contributed by atoms with Crippen molar-refractivity contribution in [1.29, 1.82) is 0 Å². The predicted octanol–water partition coefficient (Wildman–Crippen LogP) is 5.39. The Labute approximate surface area is 201 Å². The molecule has 5 nitrogen and oxygen atoms in total. The maximum absolute atomic E-state index is 12.0. The number of rotatable bonds is 9. The fourth-order valence-corrected chi connectivity index (χ4v) is 4.36. The minimum atomic E-state index is -0.573. The van der Waals surface area contributed by atoms with Crippen molar-refractivity contribution in [2.45, 2.75) is 53.4 Å². The van der Waals surface area contributed by atoms with Gasteiger partial charge in [0.1, 0.15) is 5.76 Å². The third-order valence-electron chi connectivity index (χ3n) is 5.91. The molecule has 0 amide bonds. The van der Waals surface area contributed by atoms with Crippen LogP contribution < -0.4 is 5.73 Å². The van der Waals surface area contributed by atoms with Gasteiger partial charge < -0.3 is 15.2 Å². The van der Waals surface area contributed by atoms with E-state index in [0.717, 1.165) is 40.1 Å². The molecule has 2 N–H and O–H groups in total. The molecule has 1 aliphatic rings. The molecule has 6 heteroatoms. The molecule has 0 radical (unpaired) electrons. The first-order valence-corrected chi connectivity index (χ1v) is 11.7. The second kappa shape index (κ2) is 11.1. The van der Waals surface area contributed by atoms with Crippen LogP contribution >= 0.6 is 11.6 Å². The van der Waals surface area contributed by atoms with Crippen molar-refractivity contribution in [2.75, 3.05) is 7.11 Å². The lowest BCUT2D eigenvalue weighted by molar-refractivity contribution is -0.117. The molecule has 3 rings (SSSR count). The average molecular weight is 469 g/mol. The summed E-state index contributed by atoms with van der Waals surface area (Å²) in [5.74, 6) is 0.519. The number of allylic oxidation sites excluding steroid dienone is 1. The quantitative estimate of drug-likeness (QED) is 0.499. The Kier molecular flexibility index (Phi) is 8.46. The van der Waals surface area contributed by atoms with Crippen molar-refractivity contribution >= 4 is 16.8 Å². The molecule has 0 aliphatic heterocycles. The zero-order valence-corrected chi connectivity index (χ0v) is 20.8. The first-order valence-electron chi connectivity index (χ1n) is 11.3. The first-order chi connectivity index (χ1) is 15.7. The van der Waals surface area contributed by atoms with E-state index in [0.29, 0.717) is 18.2 Å². The largest absolute Gasteiger partial charge is 0.497 e. The Bertz CT molecular complexity index is 1060. The summed E-state index contributed by atoms with van der Waals surface area (Å²) >= 11 is 5.84. The van der Waals surface area contributed by atoms with Gasteiger partial charge >= 0.3 is 0 Å². The minimum Gasteiger partial charge on any atom is -0.497 e. The van der Waals surface area contributed by atoms with Gasteiger partial charge in [0.2, 0.25) is 5.24 Å². The minimum absolute atomic E-state index is 0.268. The number of carbonyl (C=O) groups excluding carboxylic acids is 1. The predicted molar refractivity (Wildman–Crippen MR) is 133 cm³/mol. The summed E-state index contributed by atoms with van der Waals surface area (Å²) in [6, 6.07) is 8.42. The number of pyridine rings is 1. The summed E-state index contributed by atoms with van der Waals surface area (Å²) in [5, 5.41) is -0.466. The number of nitrogens with zero attached hydrogens (tertiary/aromatic N) is 1. The van der Waals surface area contributed by atoms with Crippen LogP contribution in [0.2, 0.25) is 0 Å². The van der Waals surface area contributed by atoms with E-state index in [1.54, 1.807) is 25.3 Å². The van der Waals surface area contributed by atoms with Crippen molar-refractivity contribution in [3.05, 3.63) is 76.3 Å². The number of aromatic nitrogens is 1. The van der Waals surface area contributed by atoms with Crippen LogP contribution in [0.3, 0.4) is 0 Å². The molecular weight excluding hydrogens is 436 g/mol. The molecule has 176 valence electrons. The Morgan fingerprint density at radius 2 is 1.88 bits per heavy atom. The average Bonchev–Trinajstić information content (AvgIpc) is 2.78. The molecule has 2 aromatic rings. The van der Waals surface area contributed by atoms with E-state index >= 15 is 0 Å². The third-order valence-corrected chi connectivity index (χ3v) is 6.16. The number of aryl methyl sites for hydroxylation is 2. The number of methoxy groups -OCH3 is 1. The summed E-state index contributed by atoms with van der Waals surface area (Å²) in [7, 11) is 1.58. The number of carbonyl (C=O) groups is 1. The van der Waals surface area contributed by atoms with Crippen molar-refractivity contribution in [3.8, 4) is 11.1 Å². The molecule has 33 heavy (non-hydrogen) atoms. The Balaban J connectivity index is 2.06. The van der Waals surface area contributed by atoms with E-state index in [4.69, 9.17) is 31.8 Å². The highest BCUT2D eigenvalue weighted by Crippen LogP contribution is 2.34. The first kappa shape index (κ1) is 25.2. The van der Waals surface area contributed by atoms with E-state index in [9.17, 15) is 4.79 Å². The molecule has 1 heterocycles. The molecule has 0 fully saturated rings. The van der Waals surface area contributed by atoms with E-state index in [1.807, 2.05) is 6.92 Å². The second-order valence-corrected chi connectivity index (χ2v) is 9.25. The van der Waals surface area contributed by atoms with Gasteiger partial charge in [0, 0.05) is 23.5 Å². The van der Waals surface area contributed by atoms with Gasteiger partial charge in [0.05, 0.1) is 25.7 Å². The molecule has 1 aliphatic carbocycles. The van der Waals surface area contributed by atoms with Crippen LogP contribution in [-0.2, 0) is 33.8 Å². The Morgan fingerprint density at radius 1 is 1.18 bits per heavy atom. The molecular formula is C27H33ClN2O3. The van der Waals surface area contributed by atoms with Crippen molar-refractivity contribution < 1.29 is 14.3 Å². The number of nitrogens with two attached hydrogens (primary N) is 1. The van der Waals surface area contributed by atoms with Gasteiger partial charge in [-0.15, -0.1) is 0 Å². The molecule has 0 spiro atoms. The molecule has 2 atom stereocenters. The molecule has 1 aromatic carbocycles. The smallest absolute Gasteiger partial charge is 0.231 e. The number of halogens is 1. The molecule has 0 saturated heterocycles. The van der Waals surface area contributed by atoms with Gasteiger partial charge in [-0.1, -0.05) is 49.8 Å². The van der Waals surface area contributed by atoms with Crippen LogP contribution in [0.15, 0.2) is 48.3 Å². The highest BCUT2D eigenvalue weighted by Gasteiger charge is 2.28. The Hall–Kier alpha value is -2.47. The second-order valence-electron chi connectivity index (χ2n) is 8.88. The fourth-order valence-electron chi connectivity index (χ4n) is 4.17. The molecule has 0 bridgehead atoms. The molecule has 0 saturated carbocycles. The van der Waals surface area contributed by atoms with Crippen LogP contribution in [0.1, 0.15) is 41.9 Å². The van der Waals surface area contributed by atoms with Crippen molar-refractivity contribution in [2.24, 2.45) is 17.6 Å².